The molecular weight excluding hydrogens is 316 g/mol. The van der Waals surface area contributed by atoms with E-state index in [9.17, 15) is 13.6 Å². The second-order valence-electron chi connectivity index (χ2n) is 5.20. The van der Waals surface area contributed by atoms with E-state index in [0.29, 0.717) is 16.7 Å². The second-order valence-corrected chi connectivity index (χ2v) is 5.20. The molecule has 1 heterocycles. The van der Waals surface area contributed by atoms with E-state index in [1.54, 1.807) is 18.3 Å². The van der Waals surface area contributed by atoms with Crippen LogP contribution in [-0.2, 0) is 11.8 Å². The van der Waals surface area contributed by atoms with Crippen LogP contribution in [0.2, 0.25) is 0 Å². The first-order valence-corrected chi connectivity index (χ1v) is 7.07. The fourth-order valence-electron chi connectivity index (χ4n) is 2.49. The predicted molar refractivity (Wildman–Crippen MR) is 86.0 cm³/mol. The van der Waals surface area contributed by atoms with Crippen molar-refractivity contribution in [2.24, 2.45) is 7.05 Å². The van der Waals surface area contributed by atoms with Crippen LogP contribution in [0.5, 0.6) is 11.5 Å². The van der Waals surface area contributed by atoms with Crippen LogP contribution in [-0.4, -0.2) is 15.6 Å². The third-order valence-electron chi connectivity index (χ3n) is 3.53. The summed E-state index contributed by atoms with van der Waals surface area (Å²) in [6, 6.07) is 8.58. The van der Waals surface area contributed by atoms with Gasteiger partial charge in [-0.1, -0.05) is 6.07 Å². The minimum atomic E-state index is -1.06. The van der Waals surface area contributed by atoms with Gasteiger partial charge in [-0.15, -0.1) is 0 Å². The zero-order chi connectivity index (χ0) is 17.3. The Kier molecular flexibility index (Phi) is 4.04. The first-order chi connectivity index (χ1) is 11.5. The summed E-state index contributed by atoms with van der Waals surface area (Å²) >= 11 is 0. The molecule has 0 aliphatic heterocycles. The maximum Gasteiger partial charge on any atom is 0.328 e. The number of carbonyl (C=O) groups is 1. The average molecular weight is 329 g/mol. The number of carboxylic acids is 1. The lowest BCUT2D eigenvalue weighted by atomic mass is 10.1. The van der Waals surface area contributed by atoms with Crippen LogP contribution < -0.4 is 4.74 Å². The minimum Gasteiger partial charge on any atom is -0.478 e. The van der Waals surface area contributed by atoms with E-state index in [0.717, 1.165) is 23.7 Å². The largest absolute Gasteiger partial charge is 0.478 e. The molecule has 0 unspecified atom stereocenters. The number of aliphatic carboxylic acids is 1. The maximum atomic E-state index is 13.4. The Morgan fingerprint density at radius 1 is 1.21 bits per heavy atom. The van der Waals surface area contributed by atoms with E-state index >= 15 is 0 Å². The summed E-state index contributed by atoms with van der Waals surface area (Å²) in [5.74, 6) is -2.45. The number of fused-ring (bicyclic) bond motifs is 1. The molecule has 0 amide bonds. The summed E-state index contributed by atoms with van der Waals surface area (Å²) in [5.41, 5.74) is 1.47. The van der Waals surface area contributed by atoms with Crippen LogP contribution in [0.25, 0.3) is 17.0 Å². The summed E-state index contributed by atoms with van der Waals surface area (Å²) in [5, 5.41) is 9.50. The quantitative estimate of drug-likeness (QED) is 0.724. The molecule has 1 aromatic heterocycles. The van der Waals surface area contributed by atoms with E-state index in [2.05, 4.69) is 0 Å². The summed E-state index contributed by atoms with van der Waals surface area (Å²) in [7, 11) is 1.82. The Labute approximate surface area is 136 Å². The molecule has 0 saturated heterocycles. The molecule has 3 aromatic rings. The molecular formula is C18H13F2NO3. The molecule has 0 spiro atoms. The van der Waals surface area contributed by atoms with Gasteiger partial charge in [0.15, 0.2) is 11.6 Å². The van der Waals surface area contributed by atoms with Crippen LogP contribution in [0.1, 0.15) is 5.56 Å². The standard InChI is InChI=1S/C18H13F2NO3/c1-21-10-11(5-8-17(22)23)18-15(21)3-2-4-16(18)24-12-6-7-13(19)14(20)9-12/h2-10H,1H3,(H,22,23)/b8-5+. The van der Waals surface area contributed by atoms with Gasteiger partial charge in [-0.05, 0) is 30.3 Å². The predicted octanol–water partition coefficient (Wildman–Crippen LogP) is 4.35. The first kappa shape index (κ1) is 15.7. The molecule has 0 radical (unpaired) electrons. The fourth-order valence-corrected chi connectivity index (χ4v) is 2.49. The highest BCUT2D eigenvalue weighted by atomic mass is 19.2. The molecule has 4 nitrogen and oxygen atoms in total. The molecule has 0 atom stereocenters. The lowest BCUT2D eigenvalue weighted by molar-refractivity contribution is -0.131. The SMILES string of the molecule is Cn1cc(/C=C/C(=O)O)c2c(Oc3ccc(F)c(F)c3)cccc21. The first-order valence-electron chi connectivity index (χ1n) is 7.07. The molecule has 1 N–H and O–H groups in total. The Balaban J connectivity index is 2.10. The number of hydrogen-bond donors (Lipinski definition) is 1. The van der Waals surface area contributed by atoms with Gasteiger partial charge < -0.3 is 14.4 Å². The number of aromatic nitrogens is 1. The van der Waals surface area contributed by atoms with Gasteiger partial charge in [0.1, 0.15) is 11.5 Å². The van der Waals surface area contributed by atoms with Crippen LogP contribution in [0.4, 0.5) is 8.78 Å². The number of nitrogens with zero attached hydrogens (tertiary/aromatic N) is 1. The van der Waals surface area contributed by atoms with Gasteiger partial charge >= 0.3 is 5.97 Å². The Bertz CT molecular complexity index is 960. The number of carboxylic acid groups (broad SMARTS) is 1. The van der Waals surface area contributed by atoms with Gasteiger partial charge in [0.2, 0.25) is 0 Å². The number of aryl methyl sites for hydroxylation is 1. The van der Waals surface area contributed by atoms with E-state index in [-0.39, 0.29) is 5.75 Å². The number of halogens is 2. The summed E-state index contributed by atoms with van der Waals surface area (Å²) < 4.78 is 33.9. The van der Waals surface area contributed by atoms with Gasteiger partial charge in [-0.3, -0.25) is 0 Å². The second kappa shape index (κ2) is 6.16. The smallest absolute Gasteiger partial charge is 0.328 e. The Hall–Kier alpha value is -3.15. The minimum absolute atomic E-state index is 0.151. The van der Waals surface area contributed by atoms with Crippen molar-refractivity contribution < 1.29 is 23.4 Å². The summed E-state index contributed by atoms with van der Waals surface area (Å²) in [6.07, 6.45) is 4.26. The van der Waals surface area contributed by atoms with Crippen LogP contribution in [0.15, 0.2) is 48.7 Å². The maximum absolute atomic E-state index is 13.4. The van der Waals surface area contributed by atoms with Crippen molar-refractivity contribution in [1.29, 1.82) is 0 Å². The van der Waals surface area contributed by atoms with Crippen molar-refractivity contribution in [2.45, 2.75) is 0 Å². The number of ether oxygens (including phenoxy) is 1. The number of rotatable bonds is 4. The molecule has 0 bridgehead atoms. The molecule has 24 heavy (non-hydrogen) atoms. The van der Waals surface area contributed by atoms with Crippen LogP contribution in [0.3, 0.4) is 0 Å². The highest BCUT2D eigenvalue weighted by molar-refractivity contribution is 5.97. The average Bonchev–Trinajstić information content (AvgIpc) is 2.86. The fraction of sp³-hybridized carbons (Fsp3) is 0.0556. The Morgan fingerprint density at radius 3 is 2.71 bits per heavy atom. The zero-order valence-corrected chi connectivity index (χ0v) is 12.7. The molecule has 122 valence electrons. The normalized spacial score (nSPS) is 11.3. The van der Waals surface area contributed by atoms with Crippen molar-refractivity contribution in [2.75, 3.05) is 0 Å². The molecule has 0 aliphatic carbocycles. The molecule has 6 heteroatoms. The van der Waals surface area contributed by atoms with E-state index in [4.69, 9.17) is 9.84 Å². The van der Waals surface area contributed by atoms with Crippen molar-refractivity contribution in [3.05, 3.63) is 65.9 Å². The lowest BCUT2D eigenvalue weighted by Gasteiger charge is -2.08. The molecule has 2 aromatic carbocycles. The van der Waals surface area contributed by atoms with E-state index in [1.807, 2.05) is 17.7 Å². The number of hydrogen-bond acceptors (Lipinski definition) is 2. The van der Waals surface area contributed by atoms with Crippen molar-refractivity contribution >= 4 is 22.9 Å². The van der Waals surface area contributed by atoms with E-state index < -0.39 is 17.6 Å². The van der Waals surface area contributed by atoms with Gasteiger partial charge in [0.05, 0.1) is 5.52 Å². The third-order valence-corrected chi connectivity index (χ3v) is 3.53. The van der Waals surface area contributed by atoms with Gasteiger partial charge in [0.25, 0.3) is 0 Å². The molecule has 0 fully saturated rings. The summed E-state index contributed by atoms with van der Waals surface area (Å²) in [6.45, 7) is 0. The van der Waals surface area contributed by atoms with Crippen molar-refractivity contribution in [3.63, 3.8) is 0 Å². The highest BCUT2D eigenvalue weighted by Crippen LogP contribution is 2.34. The number of benzene rings is 2. The molecule has 3 rings (SSSR count). The van der Waals surface area contributed by atoms with Crippen molar-refractivity contribution in [1.82, 2.24) is 4.57 Å². The van der Waals surface area contributed by atoms with Gasteiger partial charge in [-0.2, -0.15) is 0 Å². The molecule has 0 saturated carbocycles. The summed E-state index contributed by atoms with van der Waals surface area (Å²) in [4.78, 5) is 10.8. The monoisotopic (exact) mass is 329 g/mol. The van der Waals surface area contributed by atoms with Gasteiger partial charge in [-0.25, -0.2) is 13.6 Å². The van der Waals surface area contributed by atoms with E-state index in [1.165, 1.54) is 12.1 Å². The van der Waals surface area contributed by atoms with Gasteiger partial charge in [0, 0.05) is 36.3 Å². The molecule has 0 aliphatic rings. The third kappa shape index (κ3) is 2.99. The van der Waals surface area contributed by atoms with Crippen molar-refractivity contribution in [3.8, 4) is 11.5 Å². The van der Waals surface area contributed by atoms with Crippen LogP contribution in [0, 0.1) is 11.6 Å². The zero-order valence-electron chi connectivity index (χ0n) is 12.7. The highest BCUT2D eigenvalue weighted by Gasteiger charge is 2.12. The van der Waals surface area contributed by atoms with Crippen LogP contribution >= 0.6 is 0 Å². The Morgan fingerprint density at radius 2 is 2.00 bits per heavy atom. The topological polar surface area (TPSA) is 51.5 Å². The lowest BCUT2D eigenvalue weighted by Crippen LogP contribution is -1.90.